The van der Waals surface area contributed by atoms with Crippen LogP contribution in [0.15, 0.2) is 23.3 Å². The zero-order valence-corrected chi connectivity index (χ0v) is 18.0. The molecule has 12 heteroatoms. The summed E-state index contributed by atoms with van der Waals surface area (Å²) in [6.45, 7) is 4.83. The molecule has 2 aromatic rings. The third-order valence-electron chi connectivity index (χ3n) is 5.08. The Labute approximate surface area is 185 Å². The van der Waals surface area contributed by atoms with Crippen LogP contribution in [0.1, 0.15) is 47.6 Å². The SMILES string of the molecule is CCOc1cnc(C(=O)Cc2cc(F)c(F)c([C@]3(C)C[C@@H](C(F)(F)F)OC(N)=N3)c2)c(C)n1. The zero-order valence-electron chi connectivity index (χ0n) is 18.0. The Morgan fingerprint density at radius 2 is 2.03 bits per heavy atom. The maximum absolute atomic E-state index is 14.7. The molecule has 0 saturated heterocycles. The summed E-state index contributed by atoms with van der Waals surface area (Å²) in [7, 11) is 0. The Kier molecular flexibility index (Phi) is 6.57. The predicted molar refractivity (Wildman–Crippen MR) is 107 cm³/mol. The summed E-state index contributed by atoms with van der Waals surface area (Å²) >= 11 is 0. The van der Waals surface area contributed by atoms with Crippen molar-refractivity contribution in [3.63, 3.8) is 0 Å². The Morgan fingerprint density at radius 3 is 2.64 bits per heavy atom. The molecule has 33 heavy (non-hydrogen) atoms. The number of aliphatic imine (C=N–C) groups is 1. The number of halogens is 5. The van der Waals surface area contributed by atoms with Crippen molar-refractivity contribution in [2.45, 2.75) is 51.4 Å². The topological polar surface area (TPSA) is 99.7 Å². The highest BCUT2D eigenvalue weighted by molar-refractivity contribution is 5.96. The van der Waals surface area contributed by atoms with Crippen molar-refractivity contribution in [2.24, 2.45) is 10.7 Å². The molecule has 2 atom stereocenters. The van der Waals surface area contributed by atoms with Crippen molar-refractivity contribution >= 4 is 11.8 Å². The molecule has 1 aromatic carbocycles. The van der Waals surface area contributed by atoms with Gasteiger partial charge in [0.05, 0.1) is 24.0 Å². The predicted octanol–water partition coefficient (Wildman–Crippen LogP) is 3.77. The van der Waals surface area contributed by atoms with Crippen LogP contribution in [-0.4, -0.2) is 40.7 Å². The second-order valence-electron chi connectivity index (χ2n) is 7.69. The van der Waals surface area contributed by atoms with Crippen LogP contribution in [0.2, 0.25) is 0 Å². The first kappa shape index (κ1) is 24.3. The minimum absolute atomic E-state index is 0.00131. The second-order valence-corrected chi connectivity index (χ2v) is 7.69. The summed E-state index contributed by atoms with van der Waals surface area (Å²) in [5.41, 5.74) is 3.35. The molecule has 1 aliphatic heterocycles. The minimum Gasteiger partial charge on any atom is -0.477 e. The van der Waals surface area contributed by atoms with Gasteiger partial charge in [0.15, 0.2) is 23.5 Å². The molecule has 3 rings (SSSR count). The van der Waals surface area contributed by atoms with Gasteiger partial charge in [0, 0.05) is 18.4 Å². The van der Waals surface area contributed by atoms with E-state index in [0.717, 1.165) is 12.1 Å². The van der Waals surface area contributed by atoms with Gasteiger partial charge in [0.1, 0.15) is 5.69 Å². The first-order valence-electron chi connectivity index (χ1n) is 9.90. The van der Waals surface area contributed by atoms with Gasteiger partial charge in [-0.15, -0.1) is 0 Å². The first-order valence-corrected chi connectivity index (χ1v) is 9.90. The standard InChI is InChI=1S/C21H21F5N4O3/c1-4-32-16-9-28-18(10(2)29-16)14(31)7-11-5-12(17(23)13(22)6-11)20(3)8-15(21(24,25)26)33-19(27)30-20/h5-6,9,15H,4,7-8H2,1-3H3,(H2,27,30)/t15-,20-/m0/s1. The molecule has 1 aliphatic rings. The largest absolute Gasteiger partial charge is 0.477 e. The van der Waals surface area contributed by atoms with Crippen molar-refractivity contribution in [3.8, 4) is 5.88 Å². The lowest BCUT2D eigenvalue weighted by Gasteiger charge is -2.36. The summed E-state index contributed by atoms with van der Waals surface area (Å²) in [5, 5.41) is 0. The minimum atomic E-state index is -4.80. The molecule has 2 N–H and O–H groups in total. The second kappa shape index (κ2) is 8.91. The third kappa shape index (κ3) is 5.20. The Bertz CT molecular complexity index is 1110. The number of nitrogens with two attached hydrogens (primary N) is 1. The summed E-state index contributed by atoms with van der Waals surface area (Å²) in [6.07, 6.45) is -7.11. The third-order valence-corrected chi connectivity index (χ3v) is 5.08. The van der Waals surface area contributed by atoms with Gasteiger partial charge in [-0.2, -0.15) is 13.2 Å². The fourth-order valence-corrected chi connectivity index (χ4v) is 3.58. The molecule has 178 valence electrons. The van der Waals surface area contributed by atoms with E-state index in [2.05, 4.69) is 19.7 Å². The van der Waals surface area contributed by atoms with Crippen LogP contribution in [0.25, 0.3) is 0 Å². The van der Waals surface area contributed by atoms with E-state index in [1.807, 2.05) is 0 Å². The zero-order chi connectivity index (χ0) is 24.6. The van der Waals surface area contributed by atoms with E-state index < -0.39 is 59.7 Å². The molecular weight excluding hydrogens is 451 g/mol. The lowest BCUT2D eigenvalue weighted by atomic mass is 9.84. The van der Waals surface area contributed by atoms with Gasteiger partial charge in [-0.3, -0.25) is 4.79 Å². The summed E-state index contributed by atoms with van der Waals surface area (Å²) < 4.78 is 78.5. The normalized spacial score (nSPS) is 20.7. The van der Waals surface area contributed by atoms with Crippen molar-refractivity contribution in [1.82, 2.24) is 9.97 Å². The number of rotatable bonds is 6. The van der Waals surface area contributed by atoms with Crippen molar-refractivity contribution in [3.05, 3.63) is 52.5 Å². The van der Waals surface area contributed by atoms with Crippen LogP contribution < -0.4 is 10.5 Å². The number of carbonyl (C=O) groups excluding carboxylic acids is 1. The molecular formula is C21H21F5N4O3. The van der Waals surface area contributed by atoms with E-state index in [1.54, 1.807) is 6.92 Å². The van der Waals surface area contributed by atoms with Crippen LogP contribution >= 0.6 is 0 Å². The molecule has 0 saturated carbocycles. The molecule has 2 heterocycles. The number of ether oxygens (including phenoxy) is 2. The van der Waals surface area contributed by atoms with Crippen LogP contribution in [0.4, 0.5) is 22.0 Å². The van der Waals surface area contributed by atoms with E-state index in [-0.39, 0.29) is 22.8 Å². The molecule has 0 unspecified atom stereocenters. The quantitative estimate of drug-likeness (QED) is 0.508. The van der Waals surface area contributed by atoms with Crippen molar-refractivity contribution < 1.29 is 36.2 Å². The van der Waals surface area contributed by atoms with E-state index >= 15 is 0 Å². The molecule has 0 aliphatic carbocycles. The fourth-order valence-electron chi connectivity index (χ4n) is 3.58. The highest BCUT2D eigenvalue weighted by Gasteiger charge is 2.50. The number of Topliss-reactive ketones (excluding diaryl/α,β-unsaturated/α-hetero) is 1. The number of hydrogen-bond donors (Lipinski definition) is 1. The molecule has 0 spiro atoms. The van der Waals surface area contributed by atoms with Crippen molar-refractivity contribution in [1.29, 1.82) is 0 Å². The number of aromatic nitrogens is 2. The Morgan fingerprint density at radius 1 is 1.33 bits per heavy atom. The molecule has 1 aromatic heterocycles. The summed E-state index contributed by atoms with van der Waals surface area (Å²) in [6, 6.07) is 1.10. The maximum Gasteiger partial charge on any atom is 0.425 e. The number of benzene rings is 1. The maximum atomic E-state index is 14.7. The number of amidine groups is 1. The number of carbonyl (C=O) groups is 1. The van der Waals surface area contributed by atoms with E-state index in [9.17, 15) is 26.7 Å². The molecule has 0 amide bonds. The molecule has 0 fully saturated rings. The smallest absolute Gasteiger partial charge is 0.425 e. The number of hydrogen-bond acceptors (Lipinski definition) is 7. The number of alkyl halides is 3. The molecule has 0 radical (unpaired) electrons. The summed E-state index contributed by atoms with van der Waals surface area (Å²) in [5.74, 6) is -3.04. The van der Waals surface area contributed by atoms with Gasteiger partial charge in [-0.25, -0.2) is 23.7 Å². The Hall–Kier alpha value is -3.31. The van der Waals surface area contributed by atoms with Gasteiger partial charge >= 0.3 is 6.18 Å². The summed E-state index contributed by atoms with van der Waals surface area (Å²) in [4.78, 5) is 24.7. The average Bonchev–Trinajstić information content (AvgIpc) is 2.69. The van der Waals surface area contributed by atoms with E-state index in [1.165, 1.54) is 20.0 Å². The van der Waals surface area contributed by atoms with Crippen LogP contribution in [-0.2, 0) is 16.7 Å². The van der Waals surface area contributed by atoms with Gasteiger partial charge in [0.25, 0.3) is 6.02 Å². The van der Waals surface area contributed by atoms with Crippen LogP contribution in [0, 0.1) is 18.6 Å². The fraction of sp³-hybridized carbons (Fsp3) is 0.429. The Balaban J connectivity index is 1.95. The monoisotopic (exact) mass is 472 g/mol. The van der Waals surface area contributed by atoms with Gasteiger partial charge in [0.2, 0.25) is 5.88 Å². The number of nitrogens with zero attached hydrogens (tertiary/aromatic N) is 3. The van der Waals surface area contributed by atoms with Crippen molar-refractivity contribution in [2.75, 3.05) is 6.61 Å². The van der Waals surface area contributed by atoms with Gasteiger partial charge < -0.3 is 15.2 Å². The first-order chi connectivity index (χ1) is 15.3. The molecule has 0 bridgehead atoms. The van der Waals surface area contributed by atoms with Crippen LogP contribution in [0.3, 0.4) is 0 Å². The van der Waals surface area contributed by atoms with Crippen LogP contribution in [0.5, 0.6) is 5.88 Å². The molecule has 7 nitrogen and oxygen atoms in total. The van der Waals surface area contributed by atoms with E-state index in [4.69, 9.17) is 10.5 Å². The highest BCUT2D eigenvalue weighted by atomic mass is 19.4. The average molecular weight is 472 g/mol. The van der Waals surface area contributed by atoms with Gasteiger partial charge in [-0.1, -0.05) is 0 Å². The lowest BCUT2D eigenvalue weighted by molar-refractivity contribution is -0.208. The highest BCUT2D eigenvalue weighted by Crippen LogP contribution is 2.41. The number of aryl methyl sites for hydroxylation is 1. The lowest BCUT2D eigenvalue weighted by Crippen LogP contribution is -2.46. The van der Waals surface area contributed by atoms with Gasteiger partial charge in [-0.05, 0) is 38.5 Å². The van der Waals surface area contributed by atoms with E-state index in [0.29, 0.717) is 6.61 Å². The number of ketones is 1.